The number of benzene rings is 1. The van der Waals surface area contributed by atoms with E-state index in [4.69, 9.17) is 0 Å². The fourth-order valence-electron chi connectivity index (χ4n) is 2.60. The molecule has 1 saturated carbocycles. The van der Waals surface area contributed by atoms with Crippen LogP contribution in [0.2, 0.25) is 0 Å². The van der Waals surface area contributed by atoms with Crippen molar-refractivity contribution < 1.29 is 4.39 Å². The lowest BCUT2D eigenvalue weighted by Gasteiger charge is -2.08. The van der Waals surface area contributed by atoms with Gasteiger partial charge in [0.2, 0.25) is 0 Å². The summed E-state index contributed by atoms with van der Waals surface area (Å²) in [6.07, 6.45) is 1.18. The van der Waals surface area contributed by atoms with Gasteiger partial charge in [0.05, 0.1) is 5.69 Å². The van der Waals surface area contributed by atoms with Crippen molar-refractivity contribution in [3.05, 3.63) is 28.0 Å². The largest absolute Gasteiger partial charge is 0.383 e. The van der Waals surface area contributed by atoms with E-state index >= 15 is 0 Å². The Morgan fingerprint density at radius 2 is 2.29 bits per heavy atom. The first-order valence-corrected chi connectivity index (χ1v) is 5.66. The molecule has 1 N–H and O–H groups in total. The standard InChI is InChI=1S/C11H11BrFN/c1-6-4-11(6)5-14-10-8(11)2-7(13)3-9(10)12/h2-3,6,14H,4-5H2,1H3. The molecule has 14 heavy (non-hydrogen) atoms. The summed E-state index contributed by atoms with van der Waals surface area (Å²) in [5, 5.41) is 3.37. The van der Waals surface area contributed by atoms with Crippen molar-refractivity contribution in [2.24, 2.45) is 5.92 Å². The predicted molar refractivity (Wildman–Crippen MR) is 58.0 cm³/mol. The van der Waals surface area contributed by atoms with Crippen LogP contribution in [0.15, 0.2) is 16.6 Å². The molecule has 1 aromatic rings. The molecular formula is C11H11BrFN. The minimum absolute atomic E-state index is 0.141. The van der Waals surface area contributed by atoms with Crippen LogP contribution in [-0.4, -0.2) is 6.54 Å². The van der Waals surface area contributed by atoms with Gasteiger partial charge in [0.1, 0.15) is 5.82 Å². The normalized spacial score (nSPS) is 32.9. The van der Waals surface area contributed by atoms with Crippen molar-refractivity contribution in [1.82, 2.24) is 0 Å². The van der Waals surface area contributed by atoms with Gasteiger partial charge in [0.15, 0.2) is 0 Å². The van der Waals surface area contributed by atoms with Crippen LogP contribution >= 0.6 is 15.9 Å². The van der Waals surface area contributed by atoms with Gasteiger partial charge < -0.3 is 5.32 Å². The molecule has 0 bridgehead atoms. The van der Waals surface area contributed by atoms with Crippen molar-refractivity contribution in [2.45, 2.75) is 18.8 Å². The Morgan fingerprint density at radius 1 is 1.57 bits per heavy atom. The van der Waals surface area contributed by atoms with Crippen molar-refractivity contribution in [3.8, 4) is 0 Å². The zero-order valence-electron chi connectivity index (χ0n) is 7.90. The number of rotatable bonds is 0. The Balaban J connectivity index is 2.20. The highest BCUT2D eigenvalue weighted by Crippen LogP contribution is 2.60. The zero-order chi connectivity index (χ0) is 9.92. The molecule has 1 aromatic carbocycles. The summed E-state index contributed by atoms with van der Waals surface area (Å²) in [6, 6.07) is 3.21. The lowest BCUT2D eigenvalue weighted by Crippen LogP contribution is -2.11. The summed E-state index contributed by atoms with van der Waals surface area (Å²) in [5.74, 6) is 0.544. The molecular weight excluding hydrogens is 245 g/mol. The van der Waals surface area contributed by atoms with Gasteiger partial charge in [-0.05, 0) is 46.0 Å². The molecule has 1 aliphatic carbocycles. The summed E-state index contributed by atoms with van der Waals surface area (Å²) in [4.78, 5) is 0. The lowest BCUT2D eigenvalue weighted by molar-refractivity contribution is 0.618. The van der Waals surface area contributed by atoms with E-state index in [1.165, 1.54) is 12.5 Å². The smallest absolute Gasteiger partial charge is 0.124 e. The average molecular weight is 256 g/mol. The second-order valence-electron chi connectivity index (χ2n) is 4.43. The number of fused-ring (bicyclic) bond motifs is 2. The van der Waals surface area contributed by atoms with Gasteiger partial charge in [-0.25, -0.2) is 4.39 Å². The third-order valence-corrected chi connectivity index (χ3v) is 4.25. The molecule has 0 radical (unpaired) electrons. The fourth-order valence-corrected chi connectivity index (χ4v) is 3.17. The SMILES string of the molecule is CC1CC12CNc1c(Br)cc(F)cc12. The maximum absolute atomic E-state index is 13.3. The van der Waals surface area contributed by atoms with Crippen LogP contribution in [0.3, 0.4) is 0 Å². The van der Waals surface area contributed by atoms with Crippen LogP contribution in [0, 0.1) is 11.7 Å². The number of halogens is 2. The van der Waals surface area contributed by atoms with Crippen molar-refractivity contribution in [1.29, 1.82) is 0 Å². The van der Waals surface area contributed by atoms with Crippen LogP contribution in [0.5, 0.6) is 0 Å². The van der Waals surface area contributed by atoms with Gasteiger partial charge in [-0.15, -0.1) is 0 Å². The van der Waals surface area contributed by atoms with E-state index in [-0.39, 0.29) is 11.2 Å². The minimum atomic E-state index is -0.141. The minimum Gasteiger partial charge on any atom is -0.383 e. The molecule has 1 spiro atoms. The molecule has 0 aromatic heterocycles. The van der Waals surface area contributed by atoms with Gasteiger partial charge in [0, 0.05) is 16.4 Å². The molecule has 2 unspecified atom stereocenters. The van der Waals surface area contributed by atoms with Gasteiger partial charge >= 0.3 is 0 Å². The van der Waals surface area contributed by atoms with Crippen molar-refractivity contribution in [3.63, 3.8) is 0 Å². The first-order chi connectivity index (χ1) is 6.63. The van der Waals surface area contributed by atoms with E-state index in [0.717, 1.165) is 22.3 Å². The molecule has 1 nitrogen and oxygen atoms in total. The van der Waals surface area contributed by atoms with Crippen LogP contribution in [0.1, 0.15) is 18.9 Å². The molecule has 74 valence electrons. The zero-order valence-corrected chi connectivity index (χ0v) is 9.49. The molecule has 0 saturated heterocycles. The molecule has 0 amide bonds. The van der Waals surface area contributed by atoms with Crippen LogP contribution in [0.25, 0.3) is 0 Å². The summed E-state index contributed by atoms with van der Waals surface area (Å²) in [7, 11) is 0. The second kappa shape index (κ2) is 2.51. The highest BCUT2D eigenvalue weighted by atomic mass is 79.9. The molecule has 3 rings (SSSR count). The summed E-state index contributed by atoms with van der Waals surface area (Å²) in [6.45, 7) is 3.20. The quantitative estimate of drug-likeness (QED) is 0.751. The topological polar surface area (TPSA) is 12.0 Å². The predicted octanol–water partition coefficient (Wildman–Crippen LogP) is 3.29. The monoisotopic (exact) mass is 255 g/mol. The van der Waals surface area contributed by atoms with Crippen molar-refractivity contribution >= 4 is 21.6 Å². The van der Waals surface area contributed by atoms with Gasteiger partial charge in [-0.1, -0.05) is 6.92 Å². The summed E-state index contributed by atoms with van der Waals surface area (Å²) >= 11 is 3.39. The molecule has 2 atom stereocenters. The van der Waals surface area contributed by atoms with E-state index in [9.17, 15) is 4.39 Å². The second-order valence-corrected chi connectivity index (χ2v) is 5.28. The van der Waals surface area contributed by atoms with E-state index in [1.54, 1.807) is 6.07 Å². The average Bonchev–Trinajstić information content (AvgIpc) is 2.59. The third-order valence-electron chi connectivity index (χ3n) is 3.63. The van der Waals surface area contributed by atoms with Gasteiger partial charge in [-0.3, -0.25) is 0 Å². The number of hydrogen-bond acceptors (Lipinski definition) is 1. The third kappa shape index (κ3) is 0.937. The number of nitrogens with one attached hydrogen (secondary N) is 1. The van der Waals surface area contributed by atoms with E-state index < -0.39 is 0 Å². The molecule has 1 aliphatic heterocycles. The Kier molecular flexibility index (Phi) is 1.56. The fraction of sp³-hybridized carbons (Fsp3) is 0.455. The first kappa shape index (κ1) is 8.72. The number of hydrogen-bond donors (Lipinski definition) is 1. The Morgan fingerprint density at radius 3 is 2.93 bits per heavy atom. The maximum atomic E-state index is 13.3. The molecule has 3 heteroatoms. The lowest BCUT2D eigenvalue weighted by atomic mass is 9.96. The first-order valence-electron chi connectivity index (χ1n) is 4.87. The Hall–Kier alpha value is -0.570. The summed E-state index contributed by atoms with van der Waals surface area (Å²) < 4.78 is 14.1. The van der Waals surface area contributed by atoms with Gasteiger partial charge in [-0.2, -0.15) is 0 Å². The van der Waals surface area contributed by atoms with Crippen molar-refractivity contribution in [2.75, 3.05) is 11.9 Å². The maximum Gasteiger partial charge on any atom is 0.124 e. The Bertz CT molecular complexity index is 418. The van der Waals surface area contributed by atoms with Crippen LogP contribution < -0.4 is 5.32 Å². The highest BCUT2D eigenvalue weighted by Gasteiger charge is 2.56. The van der Waals surface area contributed by atoms with Crippen LogP contribution in [0.4, 0.5) is 10.1 Å². The number of anilines is 1. The van der Waals surface area contributed by atoms with E-state index in [1.807, 2.05) is 0 Å². The van der Waals surface area contributed by atoms with E-state index in [2.05, 4.69) is 28.2 Å². The molecule has 1 fully saturated rings. The van der Waals surface area contributed by atoms with Gasteiger partial charge in [0.25, 0.3) is 0 Å². The molecule has 2 aliphatic rings. The molecule has 1 heterocycles. The van der Waals surface area contributed by atoms with E-state index in [0.29, 0.717) is 5.92 Å². The van der Waals surface area contributed by atoms with Crippen LogP contribution in [-0.2, 0) is 5.41 Å². The highest BCUT2D eigenvalue weighted by molar-refractivity contribution is 9.10. The summed E-state index contributed by atoms with van der Waals surface area (Å²) in [5.41, 5.74) is 2.49. The Labute approximate surface area is 90.8 Å².